The van der Waals surface area contributed by atoms with Crippen LogP contribution in [0.2, 0.25) is 0 Å². The molecule has 4 nitrogen and oxygen atoms in total. The lowest BCUT2D eigenvalue weighted by Gasteiger charge is -2.10. The zero-order valence-electron chi connectivity index (χ0n) is 11.8. The summed E-state index contributed by atoms with van der Waals surface area (Å²) in [4.78, 5) is 0.271. The smallest absolute Gasteiger partial charge is 0.240 e. The number of nitrogens with two attached hydrogens (primary N) is 1. The minimum atomic E-state index is -3.49. The number of sulfonamides is 1. The second kappa shape index (κ2) is 7.36. The quantitative estimate of drug-likeness (QED) is 0.769. The summed E-state index contributed by atoms with van der Waals surface area (Å²) in [6.45, 7) is 0.622. The normalized spacial score (nSPS) is 11.5. The lowest BCUT2D eigenvalue weighted by atomic mass is 10.1. The third kappa shape index (κ3) is 4.39. The number of hydrogen-bond donors (Lipinski definition) is 2. The minimum Gasteiger partial charge on any atom is -0.326 e. The zero-order chi connectivity index (χ0) is 15.1. The van der Waals surface area contributed by atoms with E-state index in [2.05, 4.69) is 4.72 Å². The van der Waals surface area contributed by atoms with Crippen LogP contribution in [0.3, 0.4) is 0 Å². The van der Waals surface area contributed by atoms with E-state index in [4.69, 9.17) is 5.73 Å². The van der Waals surface area contributed by atoms with Gasteiger partial charge in [-0.15, -0.1) is 0 Å². The number of benzene rings is 2. The lowest BCUT2D eigenvalue weighted by molar-refractivity contribution is 0.578. The van der Waals surface area contributed by atoms with Gasteiger partial charge in [-0.1, -0.05) is 48.5 Å². The van der Waals surface area contributed by atoms with Crippen LogP contribution in [-0.4, -0.2) is 15.0 Å². The fraction of sp³-hybridized carbons (Fsp3) is 0.250. The first-order valence-corrected chi connectivity index (χ1v) is 8.43. The van der Waals surface area contributed by atoms with Gasteiger partial charge in [-0.3, -0.25) is 0 Å². The summed E-state index contributed by atoms with van der Waals surface area (Å²) in [5, 5.41) is 0. The van der Waals surface area contributed by atoms with Crippen molar-refractivity contribution in [1.82, 2.24) is 4.72 Å². The van der Waals surface area contributed by atoms with Crippen molar-refractivity contribution in [2.75, 3.05) is 6.54 Å². The molecule has 0 aliphatic heterocycles. The maximum absolute atomic E-state index is 12.3. The van der Waals surface area contributed by atoms with Crippen LogP contribution in [0.5, 0.6) is 0 Å². The average Bonchev–Trinajstić information content (AvgIpc) is 2.52. The van der Waals surface area contributed by atoms with Gasteiger partial charge in [0.15, 0.2) is 0 Å². The van der Waals surface area contributed by atoms with Crippen molar-refractivity contribution in [3.8, 4) is 0 Å². The third-order valence-electron chi connectivity index (χ3n) is 3.26. The third-order valence-corrected chi connectivity index (χ3v) is 4.82. The van der Waals surface area contributed by atoms with Crippen LogP contribution >= 0.6 is 0 Å². The summed E-state index contributed by atoms with van der Waals surface area (Å²) in [6, 6.07) is 16.8. The Bertz CT molecular complexity index is 670. The summed E-state index contributed by atoms with van der Waals surface area (Å²) >= 11 is 0. The van der Waals surface area contributed by atoms with Gasteiger partial charge < -0.3 is 5.73 Å². The van der Waals surface area contributed by atoms with Crippen molar-refractivity contribution in [3.05, 3.63) is 65.7 Å². The van der Waals surface area contributed by atoms with Crippen LogP contribution in [0.1, 0.15) is 17.5 Å². The Labute approximate surface area is 126 Å². The van der Waals surface area contributed by atoms with Crippen molar-refractivity contribution in [2.45, 2.75) is 24.3 Å². The Morgan fingerprint density at radius 3 is 2.33 bits per heavy atom. The molecule has 0 atom stereocenters. The van der Waals surface area contributed by atoms with E-state index in [-0.39, 0.29) is 11.4 Å². The highest BCUT2D eigenvalue weighted by Gasteiger charge is 2.16. The van der Waals surface area contributed by atoms with Crippen molar-refractivity contribution >= 4 is 10.0 Å². The molecule has 2 aromatic rings. The Morgan fingerprint density at radius 1 is 0.952 bits per heavy atom. The first kappa shape index (κ1) is 15.7. The van der Waals surface area contributed by atoms with E-state index in [0.29, 0.717) is 12.1 Å². The first-order chi connectivity index (χ1) is 10.1. The first-order valence-electron chi connectivity index (χ1n) is 6.95. The summed E-state index contributed by atoms with van der Waals surface area (Å²) in [5.74, 6) is 0. The van der Waals surface area contributed by atoms with Crippen molar-refractivity contribution < 1.29 is 8.42 Å². The van der Waals surface area contributed by atoms with Crippen molar-refractivity contribution in [1.29, 1.82) is 0 Å². The van der Waals surface area contributed by atoms with Crippen LogP contribution in [0.15, 0.2) is 59.5 Å². The van der Waals surface area contributed by atoms with Crippen LogP contribution in [0, 0.1) is 0 Å². The topological polar surface area (TPSA) is 72.2 Å². The standard InChI is InChI=1S/C16H20N2O2S/c17-13-15-10-4-5-11-16(15)21(19,20)18-12-6-9-14-7-2-1-3-8-14/h1-5,7-8,10-11,18H,6,9,12-13,17H2. The molecule has 0 heterocycles. The minimum absolute atomic E-state index is 0.209. The highest BCUT2D eigenvalue weighted by molar-refractivity contribution is 7.89. The summed E-state index contributed by atoms with van der Waals surface area (Å²) in [5.41, 5.74) is 7.43. The van der Waals surface area contributed by atoms with Crippen molar-refractivity contribution in [2.24, 2.45) is 5.73 Å². The summed E-state index contributed by atoms with van der Waals surface area (Å²) < 4.78 is 27.2. The van der Waals surface area contributed by atoms with Crippen molar-refractivity contribution in [3.63, 3.8) is 0 Å². The molecule has 5 heteroatoms. The molecule has 3 N–H and O–H groups in total. The predicted molar refractivity (Wildman–Crippen MR) is 84.3 cm³/mol. The highest BCUT2D eigenvalue weighted by Crippen LogP contribution is 2.14. The van der Waals surface area contributed by atoms with E-state index < -0.39 is 10.0 Å². The number of hydrogen-bond acceptors (Lipinski definition) is 3. The Morgan fingerprint density at radius 2 is 1.62 bits per heavy atom. The van der Waals surface area contributed by atoms with Gasteiger partial charge in [0.1, 0.15) is 0 Å². The largest absolute Gasteiger partial charge is 0.326 e. The van der Waals surface area contributed by atoms with E-state index in [1.165, 1.54) is 5.56 Å². The molecule has 0 aliphatic carbocycles. The SMILES string of the molecule is NCc1ccccc1S(=O)(=O)NCCCc1ccccc1. The van der Waals surface area contributed by atoms with E-state index in [9.17, 15) is 8.42 Å². The van der Waals surface area contributed by atoms with E-state index in [1.807, 2.05) is 30.3 Å². The molecule has 0 fully saturated rings. The van der Waals surface area contributed by atoms with E-state index >= 15 is 0 Å². The average molecular weight is 304 g/mol. The molecule has 21 heavy (non-hydrogen) atoms. The lowest BCUT2D eigenvalue weighted by Crippen LogP contribution is -2.26. The van der Waals surface area contributed by atoms with Crippen LogP contribution < -0.4 is 10.5 Å². The number of aryl methyl sites for hydroxylation is 1. The molecular formula is C16H20N2O2S. The monoisotopic (exact) mass is 304 g/mol. The Hall–Kier alpha value is -1.69. The molecule has 0 aliphatic rings. The summed E-state index contributed by atoms with van der Waals surface area (Å²) in [6.07, 6.45) is 1.61. The van der Waals surface area contributed by atoms with Gasteiger partial charge in [-0.05, 0) is 30.0 Å². The number of nitrogens with one attached hydrogen (secondary N) is 1. The second-order valence-electron chi connectivity index (χ2n) is 4.80. The molecule has 2 aromatic carbocycles. The van der Waals surface area contributed by atoms with Gasteiger partial charge in [0.25, 0.3) is 0 Å². The van der Waals surface area contributed by atoms with Gasteiger partial charge in [-0.2, -0.15) is 0 Å². The van der Waals surface area contributed by atoms with E-state index in [1.54, 1.807) is 24.3 Å². The van der Waals surface area contributed by atoms with Gasteiger partial charge >= 0.3 is 0 Å². The fourth-order valence-electron chi connectivity index (χ4n) is 2.16. The Balaban J connectivity index is 1.93. The Kier molecular flexibility index (Phi) is 5.50. The molecule has 2 rings (SSSR count). The van der Waals surface area contributed by atoms with Gasteiger partial charge in [0, 0.05) is 13.1 Å². The predicted octanol–water partition coefficient (Wildman–Crippen LogP) is 2.06. The molecule has 0 bridgehead atoms. The fourth-order valence-corrected chi connectivity index (χ4v) is 3.48. The molecular weight excluding hydrogens is 284 g/mol. The second-order valence-corrected chi connectivity index (χ2v) is 6.53. The maximum atomic E-state index is 12.3. The number of rotatable bonds is 7. The zero-order valence-corrected chi connectivity index (χ0v) is 12.6. The maximum Gasteiger partial charge on any atom is 0.240 e. The van der Waals surface area contributed by atoms with E-state index in [0.717, 1.165) is 12.8 Å². The van der Waals surface area contributed by atoms with Gasteiger partial charge in [0.2, 0.25) is 10.0 Å². The molecule has 0 aromatic heterocycles. The molecule has 0 radical (unpaired) electrons. The highest BCUT2D eigenvalue weighted by atomic mass is 32.2. The molecule has 0 amide bonds. The van der Waals surface area contributed by atoms with Crippen LogP contribution in [0.4, 0.5) is 0 Å². The van der Waals surface area contributed by atoms with Gasteiger partial charge in [-0.25, -0.2) is 13.1 Å². The molecule has 0 spiro atoms. The van der Waals surface area contributed by atoms with Gasteiger partial charge in [0.05, 0.1) is 4.90 Å². The van der Waals surface area contributed by atoms with Crippen LogP contribution in [0.25, 0.3) is 0 Å². The summed E-state index contributed by atoms with van der Waals surface area (Å²) in [7, 11) is -3.49. The molecule has 0 unspecified atom stereocenters. The van der Waals surface area contributed by atoms with Crippen LogP contribution in [-0.2, 0) is 23.0 Å². The molecule has 0 saturated carbocycles. The molecule has 112 valence electrons. The molecule has 0 saturated heterocycles.